The van der Waals surface area contributed by atoms with E-state index in [1.807, 2.05) is 23.1 Å². The Hall–Kier alpha value is -2.55. The minimum absolute atomic E-state index is 0.143. The van der Waals surface area contributed by atoms with Crippen LogP contribution in [0, 0.1) is 11.3 Å². The number of nitrogens with one attached hydrogen (secondary N) is 1. The quantitative estimate of drug-likeness (QED) is 0.775. The van der Waals surface area contributed by atoms with Gasteiger partial charge in [0.15, 0.2) is 0 Å². The highest BCUT2D eigenvalue weighted by Crippen LogP contribution is 2.19. The molecule has 1 rings (SSSR count). The van der Waals surface area contributed by atoms with Gasteiger partial charge in [0.25, 0.3) is 0 Å². The smallest absolute Gasteiger partial charge is 0.302 e. The van der Waals surface area contributed by atoms with Gasteiger partial charge < -0.3 is 15.0 Å². The van der Waals surface area contributed by atoms with Crippen molar-refractivity contribution in [3.05, 3.63) is 24.3 Å². The Bertz CT molecular complexity index is 537. The summed E-state index contributed by atoms with van der Waals surface area (Å²) in [6, 6.07) is 9.42. The number of hydrogen-bond donors (Lipinski definition) is 1. The van der Waals surface area contributed by atoms with Crippen LogP contribution in [-0.4, -0.2) is 31.6 Å². The average molecular weight is 289 g/mol. The summed E-state index contributed by atoms with van der Waals surface area (Å²) in [5.41, 5.74) is 1.55. The molecule has 112 valence electrons. The number of nitrogens with zero attached hydrogens (tertiary/aromatic N) is 2. The molecule has 0 saturated carbocycles. The third kappa shape index (κ3) is 6.43. The minimum Gasteiger partial charge on any atom is -0.464 e. The topological polar surface area (TPSA) is 82.4 Å². The van der Waals surface area contributed by atoms with Crippen LogP contribution in [0.5, 0.6) is 0 Å². The fraction of sp³-hybridized carbons (Fsp3) is 0.400. The van der Waals surface area contributed by atoms with Gasteiger partial charge in [-0.05, 0) is 18.2 Å². The molecule has 0 aliphatic carbocycles. The molecule has 1 amide bonds. The molecular formula is C15H19N3O3. The highest BCUT2D eigenvalue weighted by molar-refractivity contribution is 5.89. The lowest BCUT2D eigenvalue weighted by molar-refractivity contribution is -0.140. The van der Waals surface area contributed by atoms with Crippen molar-refractivity contribution in [3.8, 4) is 6.07 Å². The fourth-order valence-electron chi connectivity index (χ4n) is 1.84. The van der Waals surface area contributed by atoms with Crippen LogP contribution in [0.4, 0.5) is 11.4 Å². The maximum atomic E-state index is 11.1. The minimum atomic E-state index is -0.331. The maximum Gasteiger partial charge on any atom is 0.302 e. The molecule has 0 aliphatic rings. The van der Waals surface area contributed by atoms with E-state index in [0.717, 1.165) is 5.69 Å². The highest BCUT2D eigenvalue weighted by atomic mass is 16.5. The molecule has 1 aromatic rings. The van der Waals surface area contributed by atoms with Gasteiger partial charge in [0.2, 0.25) is 5.91 Å². The van der Waals surface area contributed by atoms with E-state index in [1.54, 1.807) is 6.07 Å². The molecular weight excluding hydrogens is 270 g/mol. The molecule has 1 aromatic carbocycles. The second-order valence-corrected chi connectivity index (χ2v) is 4.47. The number of benzene rings is 1. The van der Waals surface area contributed by atoms with Crippen LogP contribution in [0.3, 0.4) is 0 Å². The van der Waals surface area contributed by atoms with Gasteiger partial charge in [-0.1, -0.05) is 6.07 Å². The molecule has 0 aromatic heterocycles. The molecule has 1 N–H and O–H groups in total. The molecule has 0 bridgehead atoms. The lowest BCUT2D eigenvalue weighted by Crippen LogP contribution is -2.29. The summed E-state index contributed by atoms with van der Waals surface area (Å²) in [5.74, 6) is -0.474. The normalized spacial score (nSPS) is 9.57. The first-order chi connectivity index (χ1) is 10.0. The Kier molecular flexibility index (Phi) is 6.75. The molecule has 0 atom stereocenters. The van der Waals surface area contributed by atoms with Crippen LogP contribution in [0.15, 0.2) is 24.3 Å². The van der Waals surface area contributed by atoms with Crippen LogP contribution in [0.1, 0.15) is 20.3 Å². The monoisotopic (exact) mass is 289 g/mol. The van der Waals surface area contributed by atoms with E-state index >= 15 is 0 Å². The molecule has 6 nitrogen and oxygen atoms in total. The third-order valence-corrected chi connectivity index (χ3v) is 2.69. The third-order valence-electron chi connectivity index (χ3n) is 2.69. The van der Waals surface area contributed by atoms with Gasteiger partial charge in [-0.3, -0.25) is 9.59 Å². The van der Waals surface area contributed by atoms with Crippen molar-refractivity contribution in [2.75, 3.05) is 29.9 Å². The number of hydrogen-bond acceptors (Lipinski definition) is 5. The fourth-order valence-corrected chi connectivity index (χ4v) is 1.84. The second kappa shape index (κ2) is 8.59. The number of anilines is 2. The molecule has 0 saturated heterocycles. The Labute approximate surface area is 124 Å². The zero-order valence-electron chi connectivity index (χ0n) is 12.3. The van der Waals surface area contributed by atoms with Gasteiger partial charge in [-0.2, -0.15) is 5.26 Å². The Morgan fingerprint density at radius 3 is 2.71 bits per heavy atom. The number of rotatable bonds is 7. The number of esters is 1. The Morgan fingerprint density at radius 2 is 2.10 bits per heavy atom. The second-order valence-electron chi connectivity index (χ2n) is 4.47. The van der Waals surface area contributed by atoms with Gasteiger partial charge in [-0.25, -0.2) is 0 Å². The van der Waals surface area contributed by atoms with Gasteiger partial charge in [-0.15, -0.1) is 0 Å². The van der Waals surface area contributed by atoms with Crippen molar-refractivity contribution in [1.29, 1.82) is 5.26 Å². The van der Waals surface area contributed by atoms with E-state index in [0.29, 0.717) is 25.2 Å². The summed E-state index contributed by atoms with van der Waals surface area (Å²) < 4.78 is 4.94. The molecule has 0 fully saturated rings. The van der Waals surface area contributed by atoms with Crippen LogP contribution in [-0.2, 0) is 14.3 Å². The molecule has 0 aliphatic heterocycles. The standard InChI is InChI=1S/C15H19N3O3/c1-12(19)17-14-5-3-6-15(11-14)18(8-4-7-16)9-10-21-13(2)20/h3,5-6,11H,4,8-10H2,1-2H3,(H,17,19). The zero-order valence-corrected chi connectivity index (χ0v) is 12.3. The first-order valence-corrected chi connectivity index (χ1v) is 6.66. The summed E-state index contributed by atoms with van der Waals surface area (Å²) in [5, 5.41) is 11.4. The SMILES string of the molecule is CC(=O)Nc1cccc(N(CCC#N)CCOC(C)=O)c1. The van der Waals surface area contributed by atoms with Crippen molar-refractivity contribution < 1.29 is 14.3 Å². The van der Waals surface area contributed by atoms with Crippen molar-refractivity contribution in [3.63, 3.8) is 0 Å². The molecule has 0 heterocycles. The van der Waals surface area contributed by atoms with Crippen LogP contribution in [0.2, 0.25) is 0 Å². The predicted molar refractivity (Wildman–Crippen MR) is 79.8 cm³/mol. The average Bonchev–Trinajstić information content (AvgIpc) is 2.41. The van der Waals surface area contributed by atoms with Crippen molar-refractivity contribution in [1.82, 2.24) is 0 Å². The summed E-state index contributed by atoms with van der Waals surface area (Å²) in [4.78, 5) is 23.8. The molecule has 0 radical (unpaired) electrons. The van der Waals surface area contributed by atoms with E-state index in [9.17, 15) is 9.59 Å². The highest BCUT2D eigenvalue weighted by Gasteiger charge is 2.08. The number of carbonyl (C=O) groups excluding carboxylic acids is 2. The maximum absolute atomic E-state index is 11.1. The largest absolute Gasteiger partial charge is 0.464 e. The predicted octanol–water partition coefficient (Wildman–Crippen LogP) is 1.93. The van der Waals surface area contributed by atoms with Gasteiger partial charge in [0.05, 0.1) is 19.0 Å². The Balaban J connectivity index is 2.78. The van der Waals surface area contributed by atoms with E-state index in [2.05, 4.69) is 11.4 Å². The van der Waals surface area contributed by atoms with E-state index in [1.165, 1.54) is 13.8 Å². The number of amides is 1. The van der Waals surface area contributed by atoms with E-state index in [4.69, 9.17) is 10.00 Å². The molecule has 0 unspecified atom stereocenters. The van der Waals surface area contributed by atoms with Crippen molar-refractivity contribution in [2.45, 2.75) is 20.3 Å². The van der Waals surface area contributed by atoms with Gasteiger partial charge in [0.1, 0.15) is 6.61 Å². The summed E-state index contributed by atoms with van der Waals surface area (Å²) >= 11 is 0. The number of carbonyl (C=O) groups is 2. The first kappa shape index (κ1) is 16.5. The summed E-state index contributed by atoms with van der Waals surface area (Å²) in [6.07, 6.45) is 0.366. The van der Waals surface area contributed by atoms with Crippen LogP contribution >= 0.6 is 0 Å². The summed E-state index contributed by atoms with van der Waals surface area (Å²) in [6.45, 7) is 4.08. The van der Waals surface area contributed by atoms with Crippen molar-refractivity contribution >= 4 is 23.3 Å². The molecule has 21 heavy (non-hydrogen) atoms. The van der Waals surface area contributed by atoms with E-state index < -0.39 is 0 Å². The molecule has 0 spiro atoms. The Morgan fingerprint density at radius 1 is 1.33 bits per heavy atom. The van der Waals surface area contributed by atoms with Crippen LogP contribution < -0.4 is 10.2 Å². The zero-order chi connectivity index (χ0) is 15.7. The lowest BCUT2D eigenvalue weighted by atomic mass is 10.2. The number of ether oxygens (including phenoxy) is 1. The summed E-state index contributed by atoms with van der Waals surface area (Å²) in [7, 11) is 0. The van der Waals surface area contributed by atoms with E-state index in [-0.39, 0.29) is 18.5 Å². The first-order valence-electron chi connectivity index (χ1n) is 6.66. The van der Waals surface area contributed by atoms with Crippen LogP contribution in [0.25, 0.3) is 0 Å². The lowest BCUT2D eigenvalue weighted by Gasteiger charge is -2.24. The van der Waals surface area contributed by atoms with Gasteiger partial charge in [0, 0.05) is 31.8 Å². The van der Waals surface area contributed by atoms with Gasteiger partial charge >= 0.3 is 5.97 Å². The number of nitriles is 1. The molecule has 6 heteroatoms. The van der Waals surface area contributed by atoms with Crippen molar-refractivity contribution in [2.24, 2.45) is 0 Å².